The average molecular weight is 332 g/mol. The van der Waals surface area contributed by atoms with E-state index in [2.05, 4.69) is 10.3 Å². The van der Waals surface area contributed by atoms with Crippen LogP contribution in [0.5, 0.6) is 0 Å². The van der Waals surface area contributed by atoms with Crippen LogP contribution in [0, 0.1) is 0 Å². The molecule has 1 aromatic carbocycles. The van der Waals surface area contributed by atoms with Crippen LogP contribution in [0.3, 0.4) is 0 Å². The second kappa shape index (κ2) is 7.74. The van der Waals surface area contributed by atoms with Crippen LogP contribution in [0.1, 0.15) is 22.8 Å². The first kappa shape index (κ1) is 17.0. The monoisotopic (exact) mass is 331 g/mol. The van der Waals surface area contributed by atoms with E-state index in [0.717, 1.165) is 17.7 Å². The van der Waals surface area contributed by atoms with Crippen LogP contribution in [0.2, 0.25) is 5.15 Å². The van der Waals surface area contributed by atoms with Crippen molar-refractivity contribution in [3.8, 4) is 0 Å². The maximum Gasteiger partial charge on any atom is 0.257 e. The number of nitrogens with one attached hydrogen (secondary N) is 1. The molecule has 1 aromatic heterocycles. The molecule has 6 heteroatoms. The first-order valence-corrected chi connectivity index (χ1v) is 7.64. The van der Waals surface area contributed by atoms with Gasteiger partial charge in [0.1, 0.15) is 5.15 Å². The number of halogens is 1. The highest BCUT2D eigenvalue weighted by atomic mass is 35.5. The van der Waals surface area contributed by atoms with Gasteiger partial charge in [-0.1, -0.05) is 36.7 Å². The number of anilines is 1. The topological polar surface area (TPSA) is 62.3 Å². The molecular formula is C17H18ClN3O2. The SMILES string of the molecule is CCc1ccccc1NC(=O)CN(C)C(=O)c1cccnc1Cl. The molecule has 2 rings (SSSR count). The number of rotatable bonds is 5. The van der Waals surface area contributed by atoms with Crippen molar-refractivity contribution in [3.05, 3.63) is 58.9 Å². The van der Waals surface area contributed by atoms with Crippen molar-refractivity contribution >= 4 is 29.1 Å². The summed E-state index contributed by atoms with van der Waals surface area (Å²) in [4.78, 5) is 29.6. The number of nitrogens with zero attached hydrogens (tertiary/aromatic N) is 2. The van der Waals surface area contributed by atoms with E-state index in [1.54, 1.807) is 19.2 Å². The van der Waals surface area contributed by atoms with E-state index in [9.17, 15) is 9.59 Å². The maximum absolute atomic E-state index is 12.3. The zero-order valence-corrected chi connectivity index (χ0v) is 13.8. The number of pyridine rings is 1. The van der Waals surface area contributed by atoms with Crippen LogP contribution in [-0.4, -0.2) is 35.3 Å². The Balaban J connectivity index is 2.02. The maximum atomic E-state index is 12.3. The zero-order valence-electron chi connectivity index (χ0n) is 13.0. The summed E-state index contributed by atoms with van der Waals surface area (Å²) < 4.78 is 0. The van der Waals surface area contributed by atoms with Crippen LogP contribution in [0.25, 0.3) is 0 Å². The van der Waals surface area contributed by atoms with E-state index < -0.39 is 0 Å². The van der Waals surface area contributed by atoms with Gasteiger partial charge >= 0.3 is 0 Å². The van der Waals surface area contributed by atoms with E-state index in [1.807, 2.05) is 31.2 Å². The molecule has 0 saturated carbocycles. The summed E-state index contributed by atoms with van der Waals surface area (Å²) in [7, 11) is 1.55. The van der Waals surface area contributed by atoms with Gasteiger partial charge in [-0.2, -0.15) is 0 Å². The van der Waals surface area contributed by atoms with Crippen molar-refractivity contribution in [3.63, 3.8) is 0 Å². The Morgan fingerprint density at radius 2 is 1.96 bits per heavy atom. The second-order valence-electron chi connectivity index (χ2n) is 5.06. The van der Waals surface area contributed by atoms with Crippen LogP contribution in [-0.2, 0) is 11.2 Å². The number of aromatic nitrogens is 1. The molecule has 0 atom stereocenters. The fourth-order valence-electron chi connectivity index (χ4n) is 2.18. The molecule has 0 aliphatic rings. The zero-order chi connectivity index (χ0) is 16.8. The van der Waals surface area contributed by atoms with Crippen LogP contribution in [0.15, 0.2) is 42.6 Å². The summed E-state index contributed by atoms with van der Waals surface area (Å²) in [6.45, 7) is 1.95. The van der Waals surface area contributed by atoms with Crippen molar-refractivity contribution < 1.29 is 9.59 Å². The molecule has 0 bridgehead atoms. The minimum absolute atomic E-state index is 0.0674. The lowest BCUT2D eigenvalue weighted by atomic mass is 10.1. The molecule has 120 valence electrons. The Bertz CT molecular complexity index is 718. The highest BCUT2D eigenvalue weighted by molar-refractivity contribution is 6.32. The molecular weight excluding hydrogens is 314 g/mol. The minimum atomic E-state index is -0.345. The molecule has 0 aliphatic carbocycles. The van der Waals surface area contributed by atoms with Crippen molar-refractivity contribution in [1.82, 2.24) is 9.88 Å². The van der Waals surface area contributed by atoms with Crippen LogP contribution >= 0.6 is 11.6 Å². The van der Waals surface area contributed by atoms with E-state index in [1.165, 1.54) is 11.1 Å². The number of amides is 2. The largest absolute Gasteiger partial charge is 0.332 e. The first-order chi connectivity index (χ1) is 11.0. The summed E-state index contributed by atoms with van der Waals surface area (Å²) in [6.07, 6.45) is 2.32. The molecule has 5 nitrogen and oxygen atoms in total. The Morgan fingerprint density at radius 3 is 2.65 bits per heavy atom. The number of hydrogen-bond donors (Lipinski definition) is 1. The van der Waals surface area contributed by atoms with E-state index in [4.69, 9.17) is 11.6 Å². The van der Waals surface area contributed by atoms with Crippen LogP contribution in [0.4, 0.5) is 5.69 Å². The summed E-state index contributed by atoms with van der Waals surface area (Å²) in [5, 5.41) is 2.96. The molecule has 1 heterocycles. The van der Waals surface area contributed by atoms with Gasteiger partial charge in [-0.25, -0.2) is 4.98 Å². The van der Waals surface area contributed by atoms with Gasteiger partial charge in [-0.05, 0) is 30.2 Å². The van der Waals surface area contributed by atoms with Gasteiger partial charge in [0.15, 0.2) is 0 Å². The lowest BCUT2D eigenvalue weighted by molar-refractivity contribution is -0.116. The number of carbonyl (C=O) groups excluding carboxylic acids is 2. The number of hydrogen-bond acceptors (Lipinski definition) is 3. The van der Waals surface area contributed by atoms with Crippen molar-refractivity contribution in [2.75, 3.05) is 18.9 Å². The first-order valence-electron chi connectivity index (χ1n) is 7.26. The summed E-state index contributed by atoms with van der Waals surface area (Å²) >= 11 is 5.91. The molecule has 0 radical (unpaired) electrons. The highest BCUT2D eigenvalue weighted by Gasteiger charge is 2.18. The predicted molar refractivity (Wildman–Crippen MR) is 90.7 cm³/mol. The molecule has 1 N–H and O–H groups in total. The quantitative estimate of drug-likeness (QED) is 0.857. The number of likely N-dealkylation sites (N-methyl/N-ethyl adjacent to an activating group) is 1. The molecule has 0 saturated heterocycles. The Kier molecular flexibility index (Phi) is 5.71. The van der Waals surface area contributed by atoms with Gasteiger partial charge in [0.05, 0.1) is 12.1 Å². The molecule has 0 fully saturated rings. The minimum Gasteiger partial charge on any atom is -0.332 e. The van der Waals surface area contributed by atoms with Gasteiger partial charge in [-0.15, -0.1) is 0 Å². The number of para-hydroxylation sites is 1. The predicted octanol–water partition coefficient (Wildman–Crippen LogP) is 3.01. The summed E-state index contributed by atoms with van der Waals surface area (Å²) in [6, 6.07) is 10.8. The molecule has 23 heavy (non-hydrogen) atoms. The number of carbonyl (C=O) groups is 2. The van der Waals surface area contributed by atoms with Gasteiger partial charge in [0, 0.05) is 18.9 Å². The Labute approximate surface area is 140 Å². The Hall–Kier alpha value is -2.40. The van der Waals surface area contributed by atoms with Crippen LogP contribution < -0.4 is 5.32 Å². The van der Waals surface area contributed by atoms with Crippen molar-refractivity contribution in [2.24, 2.45) is 0 Å². The summed E-state index contributed by atoms with van der Waals surface area (Å²) in [5.74, 6) is -0.608. The standard InChI is InChI=1S/C17H18ClN3O2/c1-3-12-7-4-5-9-14(12)20-15(22)11-21(2)17(23)13-8-6-10-19-16(13)18/h4-10H,3,11H2,1-2H3,(H,20,22). The molecule has 0 aliphatic heterocycles. The van der Waals surface area contributed by atoms with E-state index in [-0.39, 0.29) is 29.1 Å². The van der Waals surface area contributed by atoms with E-state index >= 15 is 0 Å². The van der Waals surface area contributed by atoms with Gasteiger partial charge in [0.2, 0.25) is 5.91 Å². The van der Waals surface area contributed by atoms with E-state index in [0.29, 0.717) is 0 Å². The molecule has 0 spiro atoms. The fraction of sp³-hybridized carbons (Fsp3) is 0.235. The lowest BCUT2D eigenvalue weighted by Gasteiger charge is -2.18. The van der Waals surface area contributed by atoms with Crippen molar-refractivity contribution in [2.45, 2.75) is 13.3 Å². The normalized spacial score (nSPS) is 10.2. The summed E-state index contributed by atoms with van der Waals surface area (Å²) in [5.41, 5.74) is 2.09. The molecule has 0 unspecified atom stereocenters. The average Bonchev–Trinajstić information content (AvgIpc) is 2.55. The third kappa shape index (κ3) is 4.29. The molecule has 2 amide bonds. The second-order valence-corrected chi connectivity index (χ2v) is 5.42. The molecule has 2 aromatic rings. The smallest absolute Gasteiger partial charge is 0.257 e. The van der Waals surface area contributed by atoms with Gasteiger partial charge < -0.3 is 10.2 Å². The van der Waals surface area contributed by atoms with Gasteiger partial charge in [-0.3, -0.25) is 9.59 Å². The number of aryl methyl sites for hydroxylation is 1. The fourth-order valence-corrected chi connectivity index (χ4v) is 2.38. The lowest BCUT2D eigenvalue weighted by Crippen LogP contribution is -2.35. The van der Waals surface area contributed by atoms with Crippen molar-refractivity contribution in [1.29, 1.82) is 0 Å². The van der Waals surface area contributed by atoms with Gasteiger partial charge in [0.25, 0.3) is 5.91 Å². The third-order valence-corrected chi connectivity index (χ3v) is 3.69. The third-order valence-electron chi connectivity index (χ3n) is 3.39. The highest BCUT2D eigenvalue weighted by Crippen LogP contribution is 2.16. The number of benzene rings is 1. The Morgan fingerprint density at radius 1 is 1.22 bits per heavy atom.